The number of thiazole rings is 1. The molecule has 0 aliphatic carbocycles. The van der Waals surface area contributed by atoms with Gasteiger partial charge in [-0.3, -0.25) is 0 Å². The van der Waals surface area contributed by atoms with Crippen LogP contribution in [-0.4, -0.2) is 4.98 Å². The molecule has 0 amide bonds. The Hall–Kier alpha value is -6.17. The average molecular weight is 635 g/mol. The second-order valence-electron chi connectivity index (χ2n) is 12.0. The van der Waals surface area contributed by atoms with E-state index >= 15 is 0 Å². The van der Waals surface area contributed by atoms with Crippen molar-refractivity contribution in [2.45, 2.75) is 0 Å². The van der Waals surface area contributed by atoms with Crippen LogP contribution in [0.5, 0.6) is 0 Å². The predicted molar refractivity (Wildman–Crippen MR) is 200 cm³/mol. The van der Waals surface area contributed by atoms with Crippen molar-refractivity contribution in [2.24, 2.45) is 0 Å². The van der Waals surface area contributed by atoms with E-state index in [-0.39, 0.29) is 0 Å². The molecular weight excluding hydrogens is 609 g/mol. The van der Waals surface area contributed by atoms with E-state index in [1.54, 1.807) is 11.3 Å². The number of furan rings is 2. The van der Waals surface area contributed by atoms with Gasteiger partial charge >= 0.3 is 0 Å². The van der Waals surface area contributed by atoms with Crippen LogP contribution in [0.2, 0.25) is 0 Å². The molecule has 0 fully saturated rings. The Morgan fingerprint density at radius 2 is 1.08 bits per heavy atom. The van der Waals surface area contributed by atoms with Crippen LogP contribution in [-0.2, 0) is 0 Å². The molecule has 0 atom stereocenters. The van der Waals surface area contributed by atoms with Crippen LogP contribution >= 0.6 is 11.3 Å². The van der Waals surface area contributed by atoms with Crippen LogP contribution in [0.25, 0.3) is 75.8 Å². The van der Waals surface area contributed by atoms with Crippen molar-refractivity contribution in [1.29, 1.82) is 0 Å². The molecule has 10 aromatic rings. The van der Waals surface area contributed by atoms with E-state index in [2.05, 4.69) is 138 Å². The number of fused-ring (bicyclic) bond motifs is 8. The molecule has 4 nitrogen and oxygen atoms in total. The fourth-order valence-corrected chi connectivity index (χ4v) is 7.80. The zero-order chi connectivity index (χ0) is 31.6. The third-order valence-corrected chi connectivity index (χ3v) is 10.2. The number of rotatable bonds is 5. The van der Waals surface area contributed by atoms with Crippen molar-refractivity contribution in [3.8, 4) is 21.7 Å². The number of anilines is 3. The molecule has 3 aromatic heterocycles. The Bertz CT molecular complexity index is 2780. The zero-order valence-corrected chi connectivity index (χ0v) is 26.4. The van der Waals surface area contributed by atoms with Crippen molar-refractivity contribution in [2.75, 3.05) is 4.90 Å². The normalized spacial score (nSPS) is 11.8. The summed E-state index contributed by atoms with van der Waals surface area (Å²) in [5.41, 5.74) is 11.0. The summed E-state index contributed by atoms with van der Waals surface area (Å²) in [7, 11) is 0. The second-order valence-corrected chi connectivity index (χ2v) is 13.0. The summed E-state index contributed by atoms with van der Waals surface area (Å²) < 4.78 is 13.8. The van der Waals surface area contributed by atoms with Gasteiger partial charge in [-0.05, 0) is 77.9 Å². The monoisotopic (exact) mass is 634 g/mol. The topological polar surface area (TPSA) is 42.4 Å². The molecule has 0 saturated carbocycles. The largest absolute Gasteiger partial charge is 0.456 e. The number of benzene rings is 7. The first-order valence-corrected chi connectivity index (χ1v) is 16.8. The number of nitrogens with zero attached hydrogens (tertiary/aromatic N) is 2. The van der Waals surface area contributed by atoms with E-state index in [4.69, 9.17) is 13.8 Å². The van der Waals surface area contributed by atoms with E-state index in [1.165, 1.54) is 0 Å². The summed E-state index contributed by atoms with van der Waals surface area (Å²) >= 11 is 1.72. The highest BCUT2D eigenvalue weighted by atomic mass is 32.1. The van der Waals surface area contributed by atoms with Gasteiger partial charge in [-0.25, -0.2) is 4.98 Å². The fourth-order valence-electron chi connectivity index (χ4n) is 6.82. The first-order chi connectivity index (χ1) is 23.8. The van der Waals surface area contributed by atoms with Crippen LogP contribution in [0.1, 0.15) is 0 Å². The molecule has 226 valence electrons. The molecule has 3 heterocycles. The van der Waals surface area contributed by atoms with Crippen molar-refractivity contribution in [1.82, 2.24) is 4.98 Å². The van der Waals surface area contributed by atoms with Gasteiger partial charge in [0.15, 0.2) is 0 Å². The van der Waals surface area contributed by atoms with Crippen LogP contribution in [0.15, 0.2) is 167 Å². The molecule has 0 N–H and O–H groups in total. The molecule has 5 heteroatoms. The Morgan fingerprint density at radius 3 is 1.94 bits per heavy atom. The summed E-state index contributed by atoms with van der Waals surface area (Å²) in [6.07, 6.45) is 0. The molecule has 0 aliphatic heterocycles. The van der Waals surface area contributed by atoms with Crippen molar-refractivity contribution >= 4 is 82.5 Å². The highest BCUT2D eigenvalue weighted by molar-refractivity contribution is 7.21. The van der Waals surface area contributed by atoms with Crippen molar-refractivity contribution in [3.05, 3.63) is 158 Å². The van der Waals surface area contributed by atoms with Crippen LogP contribution in [0.4, 0.5) is 17.1 Å². The van der Waals surface area contributed by atoms with Gasteiger partial charge in [0, 0.05) is 44.9 Å². The average Bonchev–Trinajstić information content (AvgIpc) is 3.85. The molecule has 0 saturated heterocycles. The predicted octanol–water partition coefficient (Wildman–Crippen LogP) is 12.9. The Balaban J connectivity index is 1.03. The maximum Gasteiger partial charge on any atom is 0.137 e. The minimum Gasteiger partial charge on any atom is -0.456 e. The van der Waals surface area contributed by atoms with Gasteiger partial charge in [-0.2, -0.15) is 0 Å². The summed E-state index contributed by atoms with van der Waals surface area (Å²) in [5, 5.41) is 5.42. The van der Waals surface area contributed by atoms with E-state index in [0.29, 0.717) is 0 Å². The van der Waals surface area contributed by atoms with Crippen LogP contribution in [0.3, 0.4) is 0 Å². The van der Waals surface area contributed by atoms with Gasteiger partial charge in [0.1, 0.15) is 27.3 Å². The standard InChI is InChI=1S/C43H26N2O2S/c1-3-9-28(10-4-1)43-44-42-40(48-43)24-23-37-41(42)35-21-17-29(25-38(35)47-37)27-15-18-31(19-16-27)45(30-11-5-2-6-12-30)32-20-22-34-33-13-7-8-14-36(33)46-39(34)26-32/h1-26H. The summed E-state index contributed by atoms with van der Waals surface area (Å²) in [5.74, 6) is 0. The fraction of sp³-hybridized carbons (Fsp3) is 0. The lowest BCUT2D eigenvalue weighted by Crippen LogP contribution is -2.09. The molecule has 48 heavy (non-hydrogen) atoms. The number of aromatic nitrogens is 1. The van der Waals surface area contributed by atoms with Gasteiger partial charge < -0.3 is 13.7 Å². The Morgan fingerprint density at radius 1 is 0.438 bits per heavy atom. The van der Waals surface area contributed by atoms with Gasteiger partial charge in [-0.1, -0.05) is 84.9 Å². The lowest BCUT2D eigenvalue weighted by atomic mass is 10.0. The molecule has 0 spiro atoms. The molecule has 0 aliphatic rings. The van der Waals surface area contributed by atoms with E-state index < -0.39 is 0 Å². The minimum absolute atomic E-state index is 0.856. The van der Waals surface area contributed by atoms with E-state index in [0.717, 1.165) is 92.9 Å². The summed E-state index contributed by atoms with van der Waals surface area (Å²) in [4.78, 5) is 7.33. The third kappa shape index (κ3) is 4.33. The Kier molecular flexibility index (Phi) is 6.01. The molecule has 10 rings (SSSR count). The lowest BCUT2D eigenvalue weighted by Gasteiger charge is -2.25. The highest BCUT2D eigenvalue weighted by Gasteiger charge is 2.18. The van der Waals surface area contributed by atoms with Crippen LogP contribution in [0, 0.1) is 0 Å². The van der Waals surface area contributed by atoms with Gasteiger partial charge in [0.2, 0.25) is 0 Å². The SMILES string of the molecule is c1ccc(-c2nc3c(ccc4oc5cc(-c6ccc(N(c7ccccc7)c7ccc8c(c7)oc7ccccc78)cc6)ccc5c43)s2)cc1. The Labute approximate surface area is 279 Å². The van der Waals surface area contributed by atoms with Crippen molar-refractivity contribution in [3.63, 3.8) is 0 Å². The third-order valence-electron chi connectivity index (χ3n) is 9.11. The maximum absolute atomic E-state index is 6.42. The number of hydrogen-bond acceptors (Lipinski definition) is 5. The lowest BCUT2D eigenvalue weighted by molar-refractivity contribution is 0.668. The molecule has 7 aromatic carbocycles. The van der Waals surface area contributed by atoms with E-state index in [1.807, 2.05) is 24.3 Å². The zero-order valence-electron chi connectivity index (χ0n) is 25.6. The maximum atomic E-state index is 6.42. The van der Waals surface area contributed by atoms with Crippen LogP contribution < -0.4 is 4.90 Å². The van der Waals surface area contributed by atoms with Crippen molar-refractivity contribution < 1.29 is 8.83 Å². The molecule has 0 radical (unpaired) electrons. The van der Waals surface area contributed by atoms with Gasteiger partial charge in [0.05, 0.1) is 15.6 Å². The van der Waals surface area contributed by atoms with Gasteiger partial charge in [0.25, 0.3) is 0 Å². The molecular formula is C43H26N2O2S. The first-order valence-electron chi connectivity index (χ1n) is 15.9. The number of para-hydroxylation sites is 2. The second kappa shape index (κ2) is 10.7. The summed E-state index contributed by atoms with van der Waals surface area (Å²) in [6.45, 7) is 0. The smallest absolute Gasteiger partial charge is 0.137 e. The molecule has 0 unspecified atom stereocenters. The van der Waals surface area contributed by atoms with E-state index in [9.17, 15) is 0 Å². The summed E-state index contributed by atoms with van der Waals surface area (Å²) in [6, 6.07) is 54.9. The number of hydrogen-bond donors (Lipinski definition) is 0. The quantitative estimate of drug-likeness (QED) is 0.189. The van der Waals surface area contributed by atoms with Gasteiger partial charge in [-0.15, -0.1) is 11.3 Å². The molecule has 0 bridgehead atoms. The highest BCUT2D eigenvalue weighted by Crippen LogP contribution is 2.41. The first kappa shape index (κ1) is 27.0. The minimum atomic E-state index is 0.856.